The maximum absolute atomic E-state index is 12.4. The lowest BCUT2D eigenvalue weighted by atomic mass is 10.1. The van der Waals surface area contributed by atoms with E-state index in [-0.39, 0.29) is 11.5 Å². The molecule has 6 nitrogen and oxygen atoms in total. The molecule has 0 unspecified atom stereocenters. The fraction of sp³-hybridized carbons (Fsp3) is 0.135. The van der Waals surface area contributed by atoms with Crippen LogP contribution in [-0.2, 0) is 13.1 Å². The zero-order valence-electron chi connectivity index (χ0n) is 34.2. The zero-order valence-corrected chi connectivity index (χ0v) is 34.2. The molecule has 0 aliphatic carbocycles. The van der Waals surface area contributed by atoms with Crippen molar-refractivity contribution < 1.29 is 123 Å². The summed E-state index contributed by atoms with van der Waals surface area (Å²) in [5, 5.41) is 0. The molecule has 0 radical (unpaired) electrons. The number of aromatic nitrogens is 4. The summed E-state index contributed by atoms with van der Waals surface area (Å²) in [6.45, 7) is 1.67. The standard InChI is InChI=1S/C37H30F6N4O2.4BF4/c38-36(39,40)48-34-6-2-32(3-7-34)46-24-14-30(15-25-46)28-10-20-44(21-11-28)18-1-19-45-22-12-29(13-23-45)31-16-26-47(27-17-31)33-4-8-35(9-5-33)49-37(41,42)43;4*2-1(3,4)5/h2-17,20-27H,1,18-19H2;;;;/q+4;4*-1. The van der Waals surface area contributed by atoms with Crippen molar-refractivity contribution in [3.8, 4) is 45.1 Å². The molecule has 2 aromatic carbocycles. The van der Waals surface area contributed by atoms with Crippen LogP contribution < -0.4 is 27.7 Å². The molecule has 0 aliphatic heterocycles. The predicted octanol–water partition coefficient (Wildman–Crippen LogP) is 12.2. The van der Waals surface area contributed by atoms with Gasteiger partial charge in [-0.15, -0.1) is 26.3 Å². The number of hydrogen-bond acceptors (Lipinski definition) is 2. The van der Waals surface area contributed by atoms with Crippen molar-refractivity contribution in [3.63, 3.8) is 0 Å². The summed E-state index contributed by atoms with van der Waals surface area (Å²) in [5.74, 6) is -0.530. The highest BCUT2D eigenvalue weighted by Gasteiger charge is 2.32. The van der Waals surface area contributed by atoms with E-state index < -0.39 is 41.7 Å². The Morgan fingerprint density at radius 1 is 0.319 bits per heavy atom. The summed E-state index contributed by atoms with van der Waals surface area (Å²) >= 11 is 0. The van der Waals surface area contributed by atoms with Gasteiger partial charge in [0.15, 0.2) is 62.7 Å². The van der Waals surface area contributed by atoms with Crippen LogP contribution in [0.1, 0.15) is 6.42 Å². The minimum absolute atomic E-state index is 0.265. The smallest absolute Gasteiger partial charge is 0.418 e. The fourth-order valence-electron chi connectivity index (χ4n) is 5.26. The van der Waals surface area contributed by atoms with E-state index in [4.69, 9.17) is 0 Å². The van der Waals surface area contributed by atoms with Crippen LogP contribution in [0.3, 0.4) is 0 Å². The molecule has 0 amide bonds. The van der Waals surface area contributed by atoms with Gasteiger partial charge < -0.3 is 78.5 Å². The number of hydrogen-bond donors (Lipinski definition) is 0. The van der Waals surface area contributed by atoms with Gasteiger partial charge in [0.25, 0.3) is 0 Å². The lowest BCUT2D eigenvalue weighted by molar-refractivity contribution is -0.726. The molecule has 0 bridgehead atoms. The predicted molar refractivity (Wildman–Crippen MR) is 206 cm³/mol. The van der Waals surface area contributed by atoms with Gasteiger partial charge in [0.1, 0.15) is 11.5 Å². The molecular weight excluding hydrogens is 994 g/mol. The molecule has 4 heterocycles. The second kappa shape index (κ2) is 25.1. The largest absolute Gasteiger partial charge is 0.673 e. The van der Waals surface area contributed by atoms with Crippen LogP contribution in [0.5, 0.6) is 11.5 Å². The molecule has 0 spiro atoms. The summed E-state index contributed by atoms with van der Waals surface area (Å²) in [6.07, 6.45) is 7.05. The lowest BCUT2D eigenvalue weighted by Crippen LogP contribution is -2.38. The van der Waals surface area contributed by atoms with Gasteiger partial charge in [0, 0.05) is 72.8 Å². The number of alkyl halides is 6. The van der Waals surface area contributed by atoms with E-state index in [2.05, 4.69) is 18.6 Å². The Labute approximate surface area is 376 Å². The second-order valence-corrected chi connectivity index (χ2v) is 13.1. The van der Waals surface area contributed by atoms with E-state index in [1.807, 2.05) is 107 Å². The van der Waals surface area contributed by atoms with Crippen molar-refractivity contribution in [2.45, 2.75) is 32.2 Å². The highest BCUT2D eigenvalue weighted by molar-refractivity contribution is 6.51. The van der Waals surface area contributed by atoms with Gasteiger partial charge in [0.2, 0.25) is 11.4 Å². The Kier molecular flexibility index (Phi) is 21.3. The molecule has 0 atom stereocenters. The molecule has 0 saturated carbocycles. The lowest BCUT2D eigenvalue weighted by Gasteiger charge is -2.08. The Balaban J connectivity index is 0.000000688. The zero-order chi connectivity index (χ0) is 52.4. The number of nitrogens with zero attached hydrogens (tertiary/aromatic N) is 4. The summed E-state index contributed by atoms with van der Waals surface area (Å²) in [5.41, 5.74) is 5.53. The van der Waals surface area contributed by atoms with Crippen molar-refractivity contribution in [3.05, 3.63) is 147 Å². The van der Waals surface area contributed by atoms with Gasteiger partial charge in [-0.1, -0.05) is 0 Å². The van der Waals surface area contributed by atoms with Crippen LogP contribution in [0.15, 0.2) is 147 Å². The van der Waals surface area contributed by atoms with Crippen LogP contribution in [-0.4, -0.2) is 41.7 Å². The molecule has 0 fully saturated rings. The van der Waals surface area contributed by atoms with Crippen LogP contribution in [0, 0.1) is 0 Å². The van der Waals surface area contributed by atoms with Crippen LogP contribution in [0.2, 0.25) is 0 Å². The van der Waals surface area contributed by atoms with Crippen molar-refractivity contribution in [2.24, 2.45) is 0 Å². The summed E-state index contributed by atoms with van der Waals surface area (Å²) in [7, 11) is -24.0. The number of ether oxygens (including phenoxy) is 2. The topological polar surface area (TPSA) is 34.0 Å². The number of pyridine rings is 4. The van der Waals surface area contributed by atoms with Gasteiger partial charge in [-0.2, -0.15) is 9.13 Å². The Bertz CT molecular complexity index is 2180. The number of halogens is 22. The van der Waals surface area contributed by atoms with Gasteiger partial charge >= 0.3 is 41.7 Å². The van der Waals surface area contributed by atoms with E-state index in [9.17, 15) is 95.4 Å². The quantitative estimate of drug-likeness (QED) is 0.0778. The van der Waals surface area contributed by atoms with Crippen molar-refractivity contribution >= 4 is 29.0 Å². The average molecular weight is 1020 g/mol. The van der Waals surface area contributed by atoms with Gasteiger partial charge in [-0.3, -0.25) is 0 Å². The Morgan fingerprint density at radius 2 is 0.522 bits per heavy atom. The molecule has 0 saturated heterocycles. The van der Waals surface area contributed by atoms with Gasteiger partial charge in [0.05, 0.1) is 6.42 Å². The van der Waals surface area contributed by atoms with Crippen LogP contribution in [0.25, 0.3) is 33.6 Å². The van der Waals surface area contributed by atoms with E-state index in [1.165, 1.54) is 24.3 Å². The first-order chi connectivity index (χ1) is 31.5. The molecule has 0 N–H and O–H groups in total. The Hall–Kier alpha value is -6.64. The first-order valence-corrected chi connectivity index (χ1v) is 18.7. The van der Waals surface area contributed by atoms with E-state index in [0.717, 1.165) is 41.8 Å². The third kappa shape index (κ3) is 29.7. The first kappa shape index (κ1) is 58.5. The normalized spacial score (nSPS) is 11.8. The summed E-state index contributed by atoms with van der Waals surface area (Å²) in [4.78, 5) is 0. The molecule has 0 aliphatic rings. The summed E-state index contributed by atoms with van der Waals surface area (Å²) < 4.78 is 246. The molecular formula is C37H30B4F22N4O2. The van der Waals surface area contributed by atoms with Crippen molar-refractivity contribution in [2.75, 3.05) is 0 Å². The van der Waals surface area contributed by atoms with E-state index in [1.54, 1.807) is 24.3 Å². The third-order valence-electron chi connectivity index (χ3n) is 7.68. The highest BCUT2D eigenvalue weighted by Crippen LogP contribution is 2.25. The molecule has 32 heteroatoms. The minimum Gasteiger partial charge on any atom is -0.418 e. The summed E-state index contributed by atoms with van der Waals surface area (Å²) in [6, 6.07) is 27.4. The number of rotatable bonds is 10. The number of aryl methyl sites for hydroxylation is 2. The number of benzene rings is 2. The van der Waals surface area contributed by atoms with E-state index in [0.29, 0.717) is 11.4 Å². The molecule has 376 valence electrons. The molecule has 69 heavy (non-hydrogen) atoms. The highest BCUT2D eigenvalue weighted by atomic mass is 19.5. The third-order valence-corrected chi connectivity index (χ3v) is 7.68. The van der Waals surface area contributed by atoms with Crippen molar-refractivity contribution in [1.82, 2.24) is 0 Å². The fourth-order valence-corrected chi connectivity index (χ4v) is 5.26. The maximum Gasteiger partial charge on any atom is 0.673 e. The van der Waals surface area contributed by atoms with Gasteiger partial charge in [-0.05, 0) is 46.5 Å². The molecule has 6 rings (SSSR count). The van der Waals surface area contributed by atoms with Gasteiger partial charge in [-0.25, -0.2) is 9.13 Å². The molecule has 6 aromatic rings. The Morgan fingerprint density at radius 3 is 0.725 bits per heavy atom. The van der Waals surface area contributed by atoms with Crippen molar-refractivity contribution in [1.29, 1.82) is 0 Å². The van der Waals surface area contributed by atoms with E-state index >= 15 is 0 Å². The average Bonchev–Trinajstić information content (AvgIpc) is 3.19. The van der Waals surface area contributed by atoms with Crippen LogP contribution >= 0.6 is 0 Å². The first-order valence-electron chi connectivity index (χ1n) is 18.7. The maximum atomic E-state index is 12.4. The molecule has 4 aromatic heterocycles. The minimum atomic E-state index is -6.00. The monoisotopic (exact) mass is 1020 g/mol. The van der Waals surface area contributed by atoms with Crippen LogP contribution in [0.4, 0.5) is 95.4 Å². The SMILES string of the molecule is FC(F)(F)Oc1ccc(-[n+]2ccc(-c3cc[n+](CCC[n+]4ccc(-c5cc[n+](-c6ccc(OC(F)(F)F)cc6)cc5)cc4)cc3)cc2)cc1.F[B-](F)(F)F.F[B-](F)(F)F.F[B-](F)(F)F.F[B-](F)(F)F. The second-order valence-electron chi connectivity index (χ2n) is 13.1.